The van der Waals surface area contributed by atoms with Gasteiger partial charge in [0.25, 0.3) is 0 Å². The van der Waals surface area contributed by atoms with Crippen molar-refractivity contribution in [1.82, 2.24) is 4.90 Å². The van der Waals surface area contributed by atoms with Gasteiger partial charge in [-0.25, -0.2) is 0 Å². The van der Waals surface area contributed by atoms with Crippen molar-refractivity contribution in [3.63, 3.8) is 0 Å². The second kappa shape index (κ2) is 22.7. The van der Waals surface area contributed by atoms with Gasteiger partial charge in [-0.15, -0.1) is 5.92 Å². The van der Waals surface area contributed by atoms with Gasteiger partial charge in [-0.1, -0.05) is 33.6 Å². The van der Waals surface area contributed by atoms with E-state index in [9.17, 15) is 0 Å². The molecule has 1 nitrogen and oxygen atoms in total. The molecule has 0 saturated carbocycles. The maximum atomic E-state index is 2.92. The summed E-state index contributed by atoms with van der Waals surface area (Å²) < 4.78 is 0. The Morgan fingerprint density at radius 3 is 1.45 bits per heavy atom. The fraction of sp³-hybridized carbons (Fsp3) is 0.800. The molecule has 0 radical (unpaired) electrons. The predicted molar refractivity (Wildman–Crippen MR) is 54.7 cm³/mol. The Kier molecular flexibility index (Phi) is 34.8. The molecule has 0 aliphatic carbocycles. The lowest BCUT2D eigenvalue weighted by Crippen LogP contribution is -2.10. The molecule has 0 saturated heterocycles. The van der Waals surface area contributed by atoms with Crippen molar-refractivity contribution in [2.45, 2.75) is 34.6 Å². The number of nitrogens with zero attached hydrogens (tertiary/aromatic N) is 1. The summed E-state index contributed by atoms with van der Waals surface area (Å²) in [6, 6.07) is 0. The average molecular weight is 157 g/mol. The highest BCUT2D eigenvalue weighted by Crippen LogP contribution is 1.66. The SMILES string of the molecule is CC.CC.CC#CCN(C)C. The van der Waals surface area contributed by atoms with E-state index in [0.29, 0.717) is 0 Å². The Labute approximate surface area is 72.8 Å². The molecule has 0 rings (SSSR count). The van der Waals surface area contributed by atoms with Crippen molar-refractivity contribution in [2.75, 3.05) is 20.6 Å². The predicted octanol–water partition coefficient (Wildman–Crippen LogP) is 2.62. The minimum atomic E-state index is 0.872. The zero-order valence-corrected chi connectivity index (χ0v) is 9.15. The van der Waals surface area contributed by atoms with Crippen molar-refractivity contribution in [3.05, 3.63) is 0 Å². The van der Waals surface area contributed by atoms with E-state index in [-0.39, 0.29) is 0 Å². The van der Waals surface area contributed by atoms with Gasteiger partial charge in [-0.3, -0.25) is 4.90 Å². The summed E-state index contributed by atoms with van der Waals surface area (Å²) in [5.41, 5.74) is 0. The van der Waals surface area contributed by atoms with E-state index in [0.717, 1.165) is 6.54 Å². The molecule has 0 aliphatic heterocycles. The standard InChI is InChI=1S/C6H11N.2C2H6/c1-4-5-6-7(2)3;2*1-2/h6H2,1-3H3;2*1-2H3. The molecular formula is C10H23N. The van der Waals surface area contributed by atoms with Gasteiger partial charge >= 0.3 is 0 Å². The van der Waals surface area contributed by atoms with Crippen LogP contribution in [0.15, 0.2) is 0 Å². The summed E-state index contributed by atoms with van der Waals surface area (Å²) in [5.74, 6) is 5.73. The molecule has 68 valence electrons. The molecule has 0 aromatic rings. The van der Waals surface area contributed by atoms with E-state index in [1.165, 1.54) is 0 Å². The fourth-order valence-electron chi connectivity index (χ4n) is 0.237. The van der Waals surface area contributed by atoms with E-state index in [1.54, 1.807) is 0 Å². The van der Waals surface area contributed by atoms with Crippen LogP contribution in [0.2, 0.25) is 0 Å². The minimum absolute atomic E-state index is 0.872. The minimum Gasteiger partial charge on any atom is -0.299 e. The molecular weight excluding hydrogens is 134 g/mol. The van der Waals surface area contributed by atoms with E-state index < -0.39 is 0 Å². The molecule has 0 atom stereocenters. The first-order valence-corrected chi connectivity index (χ1v) is 4.31. The van der Waals surface area contributed by atoms with Gasteiger partial charge in [0.05, 0.1) is 6.54 Å². The topological polar surface area (TPSA) is 3.24 Å². The first kappa shape index (κ1) is 16.9. The van der Waals surface area contributed by atoms with Gasteiger partial charge < -0.3 is 0 Å². The Hall–Kier alpha value is -0.480. The first-order chi connectivity index (χ1) is 5.27. The van der Waals surface area contributed by atoms with E-state index in [4.69, 9.17) is 0 Å². The van der Waals surface area contributed by atoms with Crippen LogP contribution in [-0.4, -0.2) is 25.5 Å². The van der Waals surface area contributed by atoms with Gasteiger partial charge in [-0.05, 0) is 21.0 Å². The van der Waals surface area contributed by atoms with Crippen molar-refractivity contribution in [3.8, 4) is 11.8 Å². The molecule has 0 aromatic carbocycles. The van der Waals surface area contributed by atoms with Crippen molar-refractivity contribution in [2.24, 2.45) is 0 Å². The molecule has 11 heavy (non-hydrogen) atoms. The first-order valence-electron chi connectivity index (χ1n) is 4.31. The van der Waals surface area contributed by atoms with Crippen LogP contribution >= 0.6 is 0 Å². The second-order valence-corrected chi connectivity index (χ2v) is 1.66. The van der Waals surface area contributed by atoms with Gasteiger partial charge in [0.1, 0.15) is 0 Å². The molecule has 0 unspecified atom stereocenters. The fourth-order valence-corrected chi connectivity index (χ4v) is 0.237. The molecule has 0 amide bonds. The zero-order valence-electron chi connectivity index (χ0n) is 9.15. The summed E-state index contributed by atoms with van der Waals surface area (Å²) in [5, 5.41) is 0. The molecule has 1 heteroatoms. The van der Waals surface area contributed by atoms with E-state index in [1.807, 2.05) is 53.6 Å². The Morgan fingerprint density at radius 2 is 1.36 bits per heavy atom. The largest absolute Gasteiger partial charge is 0.299 e. The normalized spacial score (nSPS) is 6.18. The van der Waals surface area contributed by atoms with Crippen LogP contribution in [0.4, 0.5) is 0 Å². The van der Waals surface area contributed by atoms with Crippen LogP contribution < -0.4 is 0 Å². The second-order valence-electron chi connectivity index (χ2n) is 1.66. The molecule has 0 spiro atoms. The number of rotatable bonds is 1. The molecule has 0 N–H and O–H groups in total. The number of hydrogen-bond donors (Lipinski definition) is 0. The van der Waals surface area contributed by atoms with Crippen molar-refractivity contribution < 1.29 is 0 Å². The molecule has 0 bridgehead atoms. The van der Waals surface area contributed by atoms with Crippen LogP contribution in [0, 0.1) is 11.8 Å². The van der Waals surface area contributed by atoms with Gasteiger partial charge in [0, 0.05) is 0 Å². The maximum Gasteiger partial charge on any atom is 0.0596 e. The zero-order chi connectivity index (χ0) is 9.70. The third-order valence-corrected chi connectivity index (χ3v) is 0.572. The van der Waals surface area contributed by atoms with Crippen LogP contribution in [-0.2, 0) is 0 Å². The van der Waals surface area contributed by atoms with Gasteiger partial charge in [-0.2, -0.15) is 0 Å². The highest BCUT2D eigenvalue weighted by atomic mass is 15.0. The molecule has 0 heterocycles. The number of hydrogen-bond acceptors (Lipinski definition) is 1. The lowest BCUT2D eigenvalue weighted by Gasteiger charge is -1.99. The third kappa shape index (κ3) is 43.4. The Morgan fingerprint density at radius 1 is 1.00 bits per heavy atom. The molecule has 0 fully saturated rings. The summed E-state index contributed by atoms with van der Waals surface area (Å²) in [4.78, 5) is 2.04. The summed E-state index contributed by atoms with van der Waals surface area (Å²) in [6.07, 6.45) is 0. The highest BCUT2D eigenvalue weighted by Gasteiger charge is 1.76. The summed E-state index contributed by atoms with van der Waals surface area (Å²) in [7, 11) is 4.01. The quantitative estimate of drug-likeness (QED) is 0.529. The van der Waals surface area contributed by atoms with Crippen LogP contribution in [0.5, 0.6) is 0 Å². The average Bonchev–Trinajstić information content (AvgIpc) is 2.08. The lowest BCUT2D eigenvalue weighted by atomic mass is 10.6. The van der Waals surface area contributed by atoms with Crippen LogP contribution in [0.3, 0.4) is 0 Å². The van der Waals surface area contributed by atoms with Crippen LogP contribution in [0.1, 0.15) is 34.6 Å². The Bertz CT molecular complexity index is 84.8. The van der Waals surface area contributed by atoms with Crippen molar-refractivity contribution >= 4 is 0 Å². The summed E-state index contributed by atoms with van der Waals surface area (Å²) >= 11 is 0. The van der Waals surface area contributed by atoms with E-state index >= 15 is 0 Å². The van der Waals surface area contributed by atoms with Gasteiger partial charge in [0.2, 0.25) is 0 Å². The smallest absolute Gasteiger partial charge is 0.0596 e. The van der Waals surface area contributed by atoms with Crippen molar-refractivity contribution in [1.29, 1.82) is 0 Å². The third-order valence-electron chi connectivity index (χ3n) is 0.572. The molecule has 0 aliphatic rings. The molecule has 0 aromatic heterocycles. The van der Waals surface area contributed by atoms with E-state index in [2.05, 4.69) is 11.8 Å². The Balaban J connectivity index is -0.000000138. The summed E-state index contributed by atoms with van der Waals surface area (Å²) in [6.45, 7) is 10.7. The van der Waals surface area contributed by atoms with Crippen LogP contribution in [0.25, 0.3) is 0 Å². The maximum absolute atomic E-state index is 2.92. The van der Waals surface area contributed by atoms with Gasteiger partial charge in [0.15, 0.2) is 0 Å². The monoisotopic (exact) mass is 157 g/mol. The highest BCUT2D eigenvalue weighted by molar-refractivity contribution is 4.96. The lowest BCUT2D eigenvalue weighted by molar-refractivity contribution is 0.464.